The number of hydrogen-bond donors (Lipinski definition) is 1. The summed E-state index contributed by atoms with van der Waals surface area (Å²) in [5, 5.41) is 10.0. The fourth-order valence-electron chi connectivity index (χ4n) is 2.10. The van der Waals surface area contributed by atoms with Crippen molar-refractivity contribution in [3.8, 4) is 11.5 Å². The number of ether oxygens (including phenoxy) is 1. The fraction of sp³-hybridized carbons (Fsp3) is 0.294. The second-order valence-corrected chi connectivity index (χ2v) is 5.64. The van der Waals surface area contributed by atoms with Crippen molar-refractivity contribution < 1.29 is 9.84 Å². The molecule has 0 heterocycles. The van der Waals surface area contributed by atoms with Crippen LogP contribution in [0.5, 0.6) is 11.5 Å². The van der Waals surface area contributed by atoms with E-state index in [-0.39, 0.29) is 6.61 Å². The van der Waals surface area contributed by atoms with Gasteiger partial charge in [0.1, 0.15) is 11.5 Å². The molecule has 2 aromatic carbocycles. The first-order valence-electron chi connectivity index (χ1n) is 6.69. The van der Waals surface area contributed by atoms with E-state index in [4.69, 9.17) is 16.3 Å². The Balaban J connectivity index is 2.41. The maximum Gasteiger partial charge on any atom is 0.133 e. The molecule has 0 aliphatic heterocycles. The second-order valence-electron chi connectivity index (χ2n) is 5.21. The molecule has 106 valence electrons. The van der Waals surface area contributed by atoms with Crippen molar-refractivity contribution in [1.29, 1.82) is 0 Å². The van der Waals surface area contributed by atoms with Gasteiger partial charge in [0.05, 0.1) is 6.61 Å². The molecule has 0 amide bonds. The molecule has 2 aromatic rings. The van der Waals surface area contributed by atoms with Crippen LogP contribution in [0.3, 0.4) is 0 Å². The average molecular weight is 291 g/mol. The highest BCUT2D eigenvalue weighted by molar-refractivity contribution is 6.30. The van der Waals surface area contributed by atoms with Crippen molar-refractivity contribution in [3.05, 3.63) is 58.1 Å². The number of aryl methyl sites for hydroxylation is 1. The van der Waals surface area contributed by atoms with Crippen LogP contribution in [0, 0.1) is 6.92 Å². The average Bonchev–Trinajstić information content (AvgIpc) is 2.40. The van der Waals surface area contributed by atoms with Gasteiger partial charge in [-0.3, -0.25) is 0 Å². The van der Waals surface area contributed by atoms with Gasteiger partial charge in [-0.1, -0.05) is 37.6 Å². The van der Waals surface area contributed by atoms with Gasteiger partial charge in [0.25, 0.3) is 0 Å². The third kappa shape index (κ3) is 3.33. The first-order chi connectivity index (χ1) is 9.51. The van der Waals surface area contributed by atoms with Gasteiger partial charge in [-0.05, 0) is 48.2 Å². The van der Waals surface area contributed by atoms with E-state index in [1.54, 1.807) is 18.2 Å². The summed E-state index contributed by atoms with van der Waals surface area (Å²) in [6, 6.07) is 11.5. The summed E-state index contributed by atoms with van der Waals surface area (Å²) in [5.41, 5.74) is 2.98. The Hall–Kier alpha value is -1.51. The maximum atomic E-state index is 9.42. The maximum absolute atomic E-state index is 9.42. The minimum absolute atomic E-state index is 0.0985. The van der Waals surface area contributed by atoms with E-state index in [9.17, 15) is 5.11 Å². The molecule has 0 radical (unpaired) electrons. The molecule has 0 aliphatic rings. The number of aliphatic hydroxyl groups excluding tert-OH is 1. The van der Waals surface area contributed by atoms with Crippen molar-refractivity contribution in [1.82, 2.24) is 0 Å². The Morgan fingerprint density at radius 3 is 2.50 bits per heavy atom. The van der Waals surface area contributed by atoms with Gasteiger partial charge in [0.2, 0.25) is 0 Å². The highest BCUT2D eigenvalue weighted by Crippen LogP contribution is 2.33. The van der Waals surface area contributed by atoms with Gasteiger partial charge in [-0.2, -0.15) is 0 Å². The smallest absolute Gasteiger partial charge is 0.133 e. The fourth-order valence-corrected chi connectivity index (χ4v) is 2.29. The van der Waals surface area contributed by atoms with Gasteiger partial charge in [-0.15, -0.1) is 0 Å². The minimum Gasteiger partial charge on any atom is -0.457 e. The van der Waals surface area contributed by atoms with Gasteiger partial charge in [-0.25, -0.2) is 0 Å². The van der Waals surface area contributed by atoms with Crippen LogP contribution < -0.4 is 4.74 Å². The SMILES string of the molecule is Cc1ccc(C(C)C)c(Oc2ccc(Cl)cc2CO)c1. The van der Waals surface area contributed by atoms with Crippen molar-refractivity contribution in [3.63, 3.8) is 0 Å². The predicted octanol–water partition coefficient (Wildman–Crippen LogP) is 5.06. The van der Waals surface area contributed by atoms with Crippen LogP contribution in [-0.4, -0.2) is 5.11 Å². The normalized spacial score (nSPS) is 10.9. The van der Waals surface area contributed by atoms with Crippen molar-refractivity contribution in [2.24, 2.45) is 0 Å². The van der Waals surface area contributed by atoms with Crippen LogP contribution in [0.4, 0.5) is 0 Å². The molecular formula is C17H19ClO2. The molecule has 20 heavy (non-hydrogen) atoms. The summed E-state index contributed by atoms with van der Waals surface area (Å²) in [5.74, 6) is 1.84. The summed E-state index contributed by atoms with van der Waals surface area (Å²) >= 11 is 5.94. The van der Waals surface area contributed by atoms with Gasteiger partial charge in [0.15, 0.2) is 0 Å². The number of rotatable bonds is 4. The summed E-state index contributed by atoms with van der Waals surface area (Å²) in [4.78, 5) is 0. The molecule has 0 saturated carbocycles. The van der Waals surface area contributed by atoms with E-state index in [0.29, 0.717) is 22.3 Å². The van der Waals surface area contributed by atoms with Gasteiger partial charge in [0, 0.05) is 10.6 Å². The summed E-state index contributed by atoms with van der Waals surface area (Å²) in [6.07, 6.45) is 0. The van der Waals surface area contributed by atoms with E-state index in [0.717, 1.165) is 16.9 Å². The molecule has 2 nitrogen and oxygen atoms in total. The highest BCUT2D eigenvalue weighted by atomic mass is 35.5. The van der Waals surface area contributed by atoms with E-state index in [1.807, 2.05) is 13.0 Å². The lowest BCUT2D eigenvalue weighted by molar-refractivity contribution is 0.276. The zero-order valence-electron chi connectivity index (χ0n) is 12.0. The number of aliphatic hydroxyl groups is 1. The molecular weight excluding hydrogens is 272 g/mol. The molecule has 0 unspecified atom stereocenters. The first-order valence-corrected chi connectivity index (χ1v) is 7.06. The Labute approximate surface area is 125 Å². The number of halogens is 1. The number of hydrogen-bond acceptors (Lipinski definition) is 2. The summed E-state index contributed by atoms with van der Waals surface area (Å²) < 4.78 is 6.01. The molecule has 1 N–H and O–H groups in total. The largest absolute Gasteiger partial charge is 0.457 e. The lowest BCUT2D eigenvalue weighted by Gasteiger charge is -2.16. The Morgan fingerprint density at radius 1 is 1.10 bits per heavy atom. The monoisotopic (exact) mass is 290 g/mol. The molecule has 2 rings (SSSR count). The van der Waals surface area contributed by atoms with Crippen molar-refractivity contribution >= 4 is 11.6 Å². The van der Waals surface area contributed by atoms with Crippen LogP contribution >= 0.6 is 11.6 Å². The standard InChI is InChI=1S/C17H19ClO2/c1-11(2)15-6-4-12(3)8-17(15)20-16-7-5-14(18)9-13(16)10-19/h4-9,11,19H,10H2,1-3H3. The quantitative estimate of drug-likeness (QED) is 0.853. The van der Waals surface area contributed by atoms with E-state index in [1.165, 1.54) is 0 Å². The number of benzene rings is 2. The zero-order valence-corrected chi connectivity index (χ0v) is 12.7. The van der Waals surface area contributed by atoms with Gasteiger partial charge >= 0.3 is 0 Å². The molecule has 0 aromatic heterocycles. The molecule has 0 saturated heterocycles. The van der Waals surface area contributed by atoms with Crippen LogP contribution in [0.1, 0.15) is 36.5 Å². The molecule has 0 fully saturated rings. The lowest BCUT2D eigenvalue weighted by Crippen LogP contribution is -1.97. The van der Waals surface area contributed by atoms with Crippen LogP contribution in [0.2, 0.25) is 5.02 Å². The van der Waals surface area contributed by atoms with E-state index < -0.39 is 0 Å². The zero-order chi connectivity index (χ0) is 14.7. The highest BCUT2D eigenvalue weighted by Gasteiger charge is 2.11. The topological polar surface area (TPSA) is 29.5 Å². The third-order valence-electron chi connectivity index (χ3n) is 3.20. The minimum atomic E-state index is -0.0985. The second kappa shape index (κ2) is 6.29. The van der Waals surface area contributed by atoms with Crippen LogP contribution in [0.15, 0.2) is 36.4 Å². The van der Waals surface area contributed by atoms with Gasteiger partial charge < -0.3 is 9.84 Å². The van der Waals surface area contributed by atoms with E-state index >= 15 is 0 Å². The Bertz CT molecular complexity index is 606. The summed E-state index contributed by atoms with van der Waals surface area (Å²) in [6.45, 7) is 6.20. The predicted molar refractivity (Wildman–Crippen MR) is 82.7 cm³/mol. The van der Waals surface area contributed by atoms with E-state index in [2.05, 4.69) is 26.0 Å². The summed E-state index contributed by atoms with van der Waals surface area (Å²) in [7, 11) is 0. The first kappa shape index (κ1) is 14.9. The van der Waals surface area contributed by atoms with Crippen LogP contribution in [-0.2, 0) is 6.61 Å². The van der Waals surface area contributed by atoms with Crippen LogP contribution in [0.25, 0.3) is 0 Å². The lowest BCUT2D eigenvalue weighted by atomic mass is 10.0. The Kier molecular flexibility index (Phi) is 4.69. The van der Waals surface area contributed by atoms with Crippen molar-refractivity contribution in [2.45, 2.75) is 33.3 Å². The van der Waals surface area contributed by atoms with Crippen molar-refractivity contribution in [2.75, 3.05) is 0 Å². The molecule has 0 atom stereocenters. The molecule has 0 aliphatic carbocycles. The molecule has 0 spiro atoms. The molecule has 0 bridgehead atoms. The Morgan fingerprint density at radius 2 is 1.85 bits per heavy atom. The molecule has 3 heteroatoms. The third-order valence-corrected chi connectivity index (χ3v) is 3.44.